The largest absolute Gasteiger partial charge is 0.325 e. The summed E-state index contributed by atoms with van der Waals surface area (Å²) in [5.74, 6) is -0.0866. The second kappa shape index (κ2) is 5.31. The molecule has 5 nitrogen and oxygen atoms in total. The number of carbonyl (C=O) groups excluding carboxylic acids is 1. The molecule has 2 aliphatic heterocycles. The predicted molar refractivity (Wildman–Crippen MR) is 90.0 cm³/mol. The number of aryl methyl sites for hydroxylation is 1. The third kappa shape index (κ3) is 2.48. The minimum absolute atomic E-state index is 0.0232. The van der Waals surface area contributed by atoms with Crippen LogP contribution in [-0.4, -0.2) is 31.2 Å². The average Bonchev–Trinajstić information content (AvgIpc) is 2.71. The van der Waals surface area contributed by atoms with Gasteiger partial charge in [0.05, 0.1) is 10.3 Å². The molecule has 1 unspecified atom stereocenters. The molecule has 23 heavy (non-hydrogen) atoms. The number of fused-ring (bicyclic) bond motifs is 1. The van der Waals surface area contributed by atoms with Crippen LogP contribution in [0.15, 0.2) is 17.0 Å². The molecule has 1 N–H and O–H groups in total. The van der Waals surface area contributed by atoms with Gasteiger partial charge in [0.2, 0.25) is 15.9 Å². The Morgan fingerprint density at radius 1 is 1.26 bits per heavy atom. The van der Waals surface area contributed by atoms with Crippen LogP contribution in [0.3, 0.4) is 0 Å². The van der Waals surface area contributed by atoms with Crippen molar-refractivity contribution in [2.75, 3.05) is 11.9 Å². The number of benzene rings is 1. The highest BCUT2D eigenvalue weighted by atomic mass is 32.2. The van der Waals surface area contributed by atoms with Crippen molar-refractivity contribution in [3.63, 3.8) is 0 Å². The van der Waals surface area contributed by atoms with Crippen LogP contribution in [-0.2, 0) is 20.2 Å². The van der Waals surface area contributed by atoms with E-state index in [1.54, 1.807) is 16.4 Å². The van der Waals surface area contributed by atoms with Gasteiger partial charge in [0.15, 0.2) is 0 Å². The Morgan fingerprint density at radius 3 is 2.61 bits per heavy atom. The monoisotopic (exact) mass is 336 g/mol. The first-order valence-corrected chi connectivity index (χ1v) is 9.58. The highest BCUT2D eigenvalue weighted by Gasteiger charge is 2.41. The van der Waals surface area contributed by atoms with Crippen LogP contribution >= 0.6 is 0 Å². The Labute approximate surface area is 138 Å². The lowest BCUT2D eigenvalue weighted by atomic mass is 9.85. The van der Waals surface area contributed by atoms with Crippen molar-refractivity contribution in [1.29, 1.82) is 0 Å². The number of hydrogen-bond donors (Lipinski definition) is 1. The van der Waals surface area contributed by atoms with E-state index in [-0.39, 0.29) is 11.9 Å². The van der Waals surface area contributed by atoms with E-state index in [4.69, 9.17) is 0 Å². The first kappa shape index (κ1) is 16.5. The number of amides is 1. The van der Waals surface area contributed by atoms with E-state index < -0.39 is 15.4 Å². The van der Waals surface area contributed by atoms with Gasteiger partial charge >= 0.3 is 0 Å². The lowest BCUT2D eigenvalue weighted by molar-refractivity contribution is -0.119. The van der Waals surface area contributed by atoms with E-state index in [0.717, 1.165) is 36.1 Å². The summed E-state index contributed by atoms with van der Waals surface area (Å²) in [5.41, 5.74) is 1.61. The number of piperidine rings is 1. The molecule has 3 rings (SSSR count). The minimum Gasteiger partial charge on any atom is -0.325 e. The van der Waals surface area contributed by atoms with Gasteiger partial charge in [-0.05, 0) is 63.8 Å². The maximum atomic E-state index is 13.1. The van der Waals surface area contributed by atoms with Gasteiger partial charge in [0, 0.05) is 18.3 Å². The molecular weight excluding hydrogens is 312 g/mol. The molecule has 0 bridgehead atoms. The van der Waals surface area contributed by atoms with E-state index in [9.17, 15) is 13.2 Å². The summed E-state index contributed by atoms with van der Waals surface area (Å²) in [6.45, 7) is 8.03. The van der Waals surface area contributed by atoms with Crippen LogP contribution in [0.2, 0.25) is 0 Å². The van der Waals surface area contributed by atoms with Crippen molar-refractivity contribution in [3.05, 3.63) is 23.3 Å². The zero-order valence-electron chi connectivity index (χ0n) is 14.1. The highest BCUT2D eigenvalue weighted by Crippen LogP contribution is 2.41. The molecule has 6 heteroatoms. The molecule has 1 aromatic rings. The average molecular weight is 336 g/mol. The molecule has 0 aliphatic carbocycles. The number of nitrogens with zero attached hydrogens (tertiary/aromatic N) is 1. The lowest BCUT2D eigenvalue weighted by Gasteiger charge is -2.32. The molecule has 126 valence electrons. The number of carbonyl (C=O) groups is 1. The van der Waals surface area contributed by atoms with E-state index in [1.807, 2.05) is 27.7 Å². The fourth-order valence-electron chi connectivity index (χ4n) is 3.52. The SMILES string of the molecule is Cc1cc(S(=O)(=O)N2CCCCC2C)cc2c1NC(=O)C2(C)C. The second-order valence-corrected chi connectivity index (χ2v) is 9.09. The van der Waals surface area contributed by atoms with Gasteiger partial charge in [-0.25, -0.2) is 8.42 Å². The summed E-state index contributed by atoms with van der Waals surface area (Å²) >= 11 is 0. The molecule has 2 heterocycles. The standard InChI is InChI=1S/C17H24N2O3S/c1-11-9-13(10-14-15(11)18-16(20)17(14,3)4)23(21,22)19-8-6-5-7-12(19)2/h9-10,12H,5-8H2,1-4H3,(H,18,20). The maximum absolute atomic E-state index is 13.1. The van der Waals surface area contributed by atoms with Crippen LogP contribution in [0.25, 0.3) is 0 Å². The van der Waals surface area contributed by atoms with Gasteiger partial charge in [-0.1, -0.05) is 6.42 Å². The van der Waals surface area contributed by atoms with Gasteiger partial charge < -0.3 is 5.32 Å². The Balaban J connectivity index is 2.10. The molecular formula is C17H24N2O3S. The van der Waals surface area contributed by atoms with Crippen LogP contribution in [0.1, 0.15) is 51.2 Å². The lowest BCUT2D eigenvalue weighted by Crippen LogP contribution is -2.42. The van der Waals surface area contributed by atoms with Crippen molar-refractivity contribution in [1.82, 2.24) is 4.31 Å². The Bertz CT molecular complexity index is 768. The molecule has 0 spiro atoms. The first-order chi connectivity index (χ1) is 10.7. The molecule has 1 amide bonds. The smallest absolute Gasteiger partial charge is 0.243 e. The summed E-state index contributed by atoms with van der Waals surface area (Å²) in [6, 6.07) is 3.38. The van der Waals surface area contributed by atoms with E-state index in [1.165, 1.54) is 0 Å². The zero-order valence-corrected chi connectivity index (χ0v) is 15.0. The minimum atomic E-state index is -3.53. The molecule has 1 fully saturated rings. The first-order valence-electron chi connectivity index (χ1n) is 8.14. The number of anilines is 1. The molecule has 1 aromatic carbocycles. The zero-order chi connectivity index (χ0) is 17.0. The molecule has 0 aromatic heterocycles. The number of rotatable bonds is 2. The highest BCUT2D eigenvalue weighted by molar-refractivity contribution is 7.89. The van der Waals surface area contributed by atoms with Crippen molar-refractivity contribution < 1.29 is 13.2 Å². The third-order valence-corrected chi connectivity index (χ3v) is 7.13. The number of nitrogens with one attached hydrogen (secondary N) is 1. The van der Waals surface area contributed by atoms with Gasteiger partial charge in [-0.3, -0.25) is 4.79 Å². The van der Waals surface area contributed by atoms with Crippen LogP contribution < -0.4 is 5.32 Å². The predicted octanol–water partition coefficient (Wildman–Crippen LogP) is 2.79. The second-order valence-electron chi connectivity index (χ2n) is 7.20. The Kier molecular flexibility index (Phi) is 3.80. The topological polar surface area (TPSA) is 66.5 Å². The number of hydrogen-bond acceptors (Lipinski definition) is 3. The van der Waals surface area contributed by atoms with Gasteiger partial charge in [0.1, 0.15) is 0 Å². The van der Waals surface area contributed by atoms with E-state index >= 15 is 0 Å². The van der Waals surface area contributed by atoms with Crippen molar-refractivity contribution in [2.24, 2.45) is 0 Å². The summed E-state index contributed by atoms with van der Waals surface area (Å²) in [5, 5.41) is 2.88. The molecule has 0 radical (unpaired) electrons. The summed E-state index contributed by atoms with van der Waals surface area (Å²) in [7, 11) is -3.53. The Morgan fingerprint density at radius 2 is 1.96 bits per heavy atom. The Hall–Kier alpha value is -1.40. The van der Waals surface area contributed by atoms with Crippen molar-refractivity contribution >= 4 is 21.6 Å². The van der Waals surface area contributed by atoms with Crippen molar-refractivity contribution in [2.45, 2.75) is 63.3 Å². The van der Waals surface area contributed by atoms with Gasteiger partial charge in [0.25, 0.3) is 0 Å². The fourth-order valence-corrected chi connectivity index (χ4v) is 5.33. The summed E-state index contributed by atoms with van der Waals surface area (Å²) in [6.07, 6.45) is 2.87. The molecule has 1 atom stereocenters. The third-order valence-electron chi connectivity index (χ3n) is 5.14. The summed E-state index contributed by atoms with van der Waals surface area (Å²) in [4.78, 5) is 12.4. The fraction of sp³-hybridized carbons (Fsp3) is 0.588. The molecule has 0 saturated carbocycles. The van der Waals surface area contributed by atoms with Crippen LogP contribution in [0.5, 0.6) is 0 Å². The van der Waals surface area contributed by atoms with E-state index in [2.05, 4.69) is 5.32 Å². The van der Waals surface area contributed by atoms with Gasteiger partial charge in [-0.15, -0.1) is 0 Å². The molecule has 1 saturated heterocycles. The molecule has 2 aliphatic rings. The van der Waals surface area contributed by atoms with Crippen LogP contribution in [0, 0.1) is 6.92 Å². The maximum Gasteiger partial charge on any atom is 0.243 e. The number of sulfonamides is 1. The van der Waals surface area contributed by atoms with E-state index in [0.29, 0.717) is 11.4 Å². The van der Waals surface area contributed by atoms with Crippen molar-refractivity contribution in [3.8, 4) is 0 Å². The summed E-state index contributed by atoms with van der Waals surface area (Å²) < 4.78 is 27.7. The normalized spacial score (nSPS) is 24.3. The van der Waals surface area contributed by atoms with Crippen LogP contribution in [0.4, 0.5) is 5.69 Å². The van der Waals surface area contributed by atoms with Gasteiger partial charge in [-0.2, -0.15) is 4.31 Å². The quantitative estimate of drug-likeness (QED) is 0.903.